The quantitative estimate of drug-likeness (QED) is 0.862. The Balaban J connectivity index is 1.54. The lowest BCUT2D eigenvalue weighted by Crippen LogP contribution is -2.33. The number of sulfonamides is 1. The maximum absolute atomic E-state index is 12.8. The van der Waals surface area contributed by atoms with Crippen LogP contribution < -0.4 is 9.62 Å². The standard InChI is InChI=1S/C21H24N2O3S/c1-15-12-17-13-19(8-9-20(17)23(15)16(2)24)27(25,26)22-14-21(10-11-21)18-6-4-3-5-7-18/h3-9,13,15,22H,10-12,14H2,1-2H3. The van der Waals surface area contributed by atoms with Gasteiger partial charge in [-0.15, -0.1) is 0 Å². The highest BCUT2D eigenvalue weighted by molar-refractivity contribution is 7.89. The molecular weight excluding hydrogens is 360 g/mol. The molecule has 1 fully saturated rings. The van der Waals surface area contributed by atoms with Gasteiger partial charge in [-0.05, 0) is 55.5 Å². The topological polar surface area (TPSA) is 66.5 Å². The highest BCUT2D eigenvalue weighted by Crippen LogP contribution is 2.47. The minimum Gasteiger partial charge on any atom is -0.309 e. The van der Waals surface area contributed by atoms with Gasteiger partial charge in [-0.2, -0.15) is 0 Å². The number of benzene rings is 2. The number of amides is 1. The summed E-state index contributed by atoms with van der Waals surface area (Å²) in [5.41, 5.74) is 2.83. The number of fused-ring (bicyclic) bond motifs is 1. The first-order valence-corrected chi connectivity index (χ1v) is 10.8. The normalized spacial score (nSPS) is 20.4. The highest BCUT2D eigenvalue weighted by atomic mass is 32.2. The van der Waals surface area contributed by atoms with Crippen LogP contribution >= 0.6 is 0 Å². The van der Waals surface area contributed by atoms with Crippen molar-refractivity contribution in [2.75, 3.05) is 11.4 Å². The summed E-state index contributed by atoms with van der Waals surface area (Å²) < 4.78 is 28.5. The fourth-order valence-electron chi connectivity index (χ4n) is 4.08. The Morgan fingerprint density at radius 1 is 1.19 bits per heavy atom. The van der Waals surface area contributed by atoms with E-state index in [1.807, 2.05) is 25.1 Å². The number of carbonyl (C=O) groups is 1. The van der Waals surface area contributed by atoms with E-state index in [0.29, 0.717) is 13.0 Å². The monoisotopic (exact) mass is 384 g/mol. The van der Waals surface area contributed by atoms with Crippen LogP contribution in [0.3, 0.4) is 0 Å². The van der Waals surface area contributed by atoms with Crippen molar-refractivity contribution < 1.29 is 13.2 Å². The molecule has 2 aliphatic rings. The molecule has 1 aliphatic heterocycles. The summed E-state index contributed by atoms with van der Waals surface area (Å²) in [5.74, 6) is -0.0199. The van der Waals surface area contributed by atoms with Crippen molar-refractivity contribution >= 4 is 21.6 Å². The van der Waals surface area contributed by atoms with E-state index in [-0.39, 0.29) is 22.3 Å². The molecule has 0 bridgehead atoms. The Bertz CT molecular complexity index is 982. The second-order valence-corrected chi connectivity index (χ2v) is 9.47. The average molecular weight is 385 g/mol. The number of rotatable bonds is 5. The van der Waals surface area contributed by atoms with Crippen LogP contribution in [0.1, 0.15) is 37.8 Å². The lowest BCUT2D eigenvalue weighted by atomic mass is 9.96. The number of carbonyl (C=O) groups excluding carboxylic acids is 1. The van der Waals surface area contributed by atoms with Crippen LogP contribution in [0, 0.1) is 0 Å². The summed E-state index contributed by atoms with van der Waals surface area (Å²) in [4.78, 5) is 13.8. The molecule has 1 N–H and O–H groups in total. The zero-order valence-electron chi connectivity index (χ0n) is 15.6. The maximum atomic E-state index is 12.8. The number of nitrogens with one attached hydrogen (secondary N) is 1. The minimum atomic E-state index is -3.59. The molecular formula is C21H24N2O3S. The highest BCUT2D eigenvalue weighted by Gasteiger charge is 2.44. The fourth-order valence-corrected chi connectivity index (χ4v) is 5.26. The minimum absolute atomic E-state index is 0.0199. The van der Waals surface area contributed by atoms with Crippen molar-refractivity contribution in [1.29, 1.82) is 0 Å². The van der Waals surface area contributed by atoms with Gasteiger partial charge in [0.05, 0.1) is 4.90 Å². The third-order valence-corrected chi connectivity index (χ3v) is 7.16. The average Bonchev–Trinajstić information content (AvgIpc) is 3.36. The molecule has 0 radical (unpaired) electrons. The lowest BCUT2D eigenvalue weighted by Gasteiger charge is -2.20. The van der Waals surface area contributed by atoms with Gasteiger partial charge in [0.25, 0.3) is 0 Å². The Morgan fingerprint density at radius 3 is 2.52 bits per heavy atom. The molecule has 1 amide bonds. The predicted octanol–water partition coefficient (Wildman–Crippen LogP) is 2.99. The van der Waals surface area contributed by atoms with E-state index in [1.54, 1.807) is 23.1 Å². The largest absolute Gasteiger partial charge is 0.309 e. The molecule has 5 nitrogen and oxygen atoms in total. The summed E-state index contributed by atoms with van der Waals surface area (Å²) in [6, 6.07) is 15.2. The third kappa shape index (κ3) is 3.28. The summed E-state index contributed by atoms with van der Waals surface area (Å²) in [6.45, 7) is 3.92. The SMILES string of the molecule is CC(=O)N1c2ccc(S(=O)(=O)NCC3(c4ccccc4)CC3)cc2CC1C. The van der Waals surface area contributed by atoms with Gasteiger partial charge in [0.15, 0.2) is 0 Å². The molecule has 4 rings (SSSR count). The Labute approximate surface area is 160 Å². The van der Waals surface area contributed by atoms with Gasteiger partial charge in [0.1, 0.15) is 0 Å². The van der Waals surface area contributed by atoms with Crippen molar-refractivity contribution in [3.05, 3.63) is 59.7 Å². The molecule has 6 heteroatoms. The molecule has 0 aromatic heterocycles. The number of nitrogens with zero attached hydrogens (tertiary/aromatic N) is 1. The van der Waals surface area contributed by atoms with Crippen LogP contribution in [0.2, 0.25) is 0 Å². The maximum Gasteiger partial charge on any atom is 0.240 e. The van der Waals surface area contributed by atoms with Gasteiger partial charge in [-0.1, -0.05) is 30.3 Å². The number of hydrogen-bond donors (Lipinski definition) is 1. The Morgan fingerprint density at radius 2 is 1.89 bits per heavy atom. The van der Waals surface area contributed by atoms with Gasteiger partial charge in [0, 0.05) is 30.6 Å². The molecule has 1 saturated carbocycles. The zero-order chi connectivity index (χ0) is 19.2. The lowest BCUT2D eigenvalue weighted by molar-refractivity contribution is -0.116. The zero-order valence-corrected chi connectivity index (χ0v) is 16.4. The van der Waals surface area contributed by atoms with Crippen LogP contribution in [0.25, 0.3) is 0 Å². The summed E-state index contributed by atoms with van der Waals surface area (Å²) in [7, 11) is -3.59. The van der Waals surface area contributed by atoms with E-state index < -0.39 is 10.0 Å². The van der Waals surface area contributed by atoms with Crippen molar-refractivity contribution in [1.82, 2.24) is 4.72 Å². The van der Waals surface area contributed by atoms with E-state index in [2.05, 4.69) is 16.9 Å². The number of anilines is 1. The smallest absolute Gasteiger partial charge is 0.240 e. The van der Waals surface area contributed by atoms with E-state index in [0.717, 1.165) is 24.1 Å². The van der Waals surface area contributed by atoms with E-state index in [4.69, 9.17) is 0 Å². The van der Waals surface area contributed by atoms with Crippen molar-refractivity contribution in [2.24, 2.45) is 0 Å². The van der Waals surface area contributed by atoms with Gasteiger partial charge >= 0.3 is 0 Å². The van der Waals surface area contributed by atoms with Gasteiger partial charge in [-0.3, -0.25) is 4.79 Å². The first-order valence-electron chi connectivity index (χ1n) is 9.30. The van der Waals surface area contributed by atoms with Crippen LogP contribution in [-0.4, -0.2) is 26.9 Å². The van der Waals surface area contributed by atoms with E-state index in [1.165, 1.54) is 12.5 Å². The molecule has 1 atom stereocenters. The molecule has 142 valence electrons. The first kappa shape index (κ1) is 18.2. The van der Waals surface area contributed by atoms with E-state index >= 15 is 0 Å². The Kier molecular flexibility index (Phi) is 4.35. The van der Waals surface area contributed by atoms with Gasteiger partial charge in [0.2, 0.25) is 15.9 Å². The fraction of sp³-hybridized carbons (Fsp3) is 0.381. The van der Waals surface area contributed by atoms with Crippen LogP contribution in [-0.2, 0) is 26.7 Å². The summed E-state index contributed by atoms with van der Waals surface area (Å²) >= 11 is 0. The van der Waals surface area contributed by atoms with Crippen LogP contribution in [0.4, 0.5) is 5.69 Å². The predicted molar refractivity (Wildman–Crippen MR) is 105 cm³/mol. The van der Waals surface area contributed by atoms with Gasteiger partial charge in [-0.25, -0.2) is 13.1 Å². The molecule has 1 heterocycles. The van der Waals surface area contributed by atoms with Crippen molar-refractivity contribution in [2.45, 2.75) is 49.5 Å². The molecule has 1 unspecified atom stereocenters. The molecule has 0 spiro atoms. The molecule has 0 saturated heterocycles. The number of hydrogen-bond acceptors (Lipinski definition) is 3. The van der Waals surface area contributed by atoms with E-state index in [9.17, 15) is 13.2 Å². The van der Waals surface area contributed by atoms with Crippen LogP contribution in [0.15, 0.2) is 53.4 Å². The first-order chi connectivity index (χ1) is 12.8. The molecule has 2 aromatic carbocycles. The molecule has 1 aliphatic carbocycles. The van der Waals surface area contributed by atoms with Gasteiger partial charge < -0.3 is 4.90 Å². The van der Waals surface area contributed by atoms with Crippen molar-refractivity contribution in [3.63, 3.8) is 0 Å². The summed E-state index contributed by atoms with van der Waals surface area (Å²) in [6.07, 6.45) is 2.66. The summed E-state index contributed by atoms with van der Waals surface area (Å²) in [5, 5.41) is 0. The Hall–Kier alpha value is -2.18. The second-order valence-electron chi connectivity index (χ2n) is 7.70. The molecule has 2 aromatic rings. The molecule has 27 heavy (non-hydrogen) atoms. The van der Waals surface area contributed by atoms with Crippen molar-refractivity contribution in [3.8, 4) is 0 Å². The second kappa shape index (κ2) is 6.46. The van der Waals surface area contributed by atoms with Crippen LogP contribution in [0.5, 0.6) is 0 Å². The third-order valence-electron chi connectivity index (χ3n) is 5.76.